The maximum atomic E-state index is 10.4. The van der Waals surface area contributed by atoms with Gasteiger partial charge < -0.3 is 119 Å². The first-order valence-corrected chi connectivity index (χ1v) is 20.6. The van der Waals surface area contributed by atoms with Crippen LogP contribution in [0.25, 0.3) is 28.2 Å². The average molecular weight is 1120 g/mol. The Balaban J connectivity index is -0.0000000467. The normalized spacial score (nSPS) is 9.21. The number of hydrogen-bond acceptors (Lipinski definition) is 20. The van der Waals surface area contributed by atoms with E-state index >= 15 is 0 Å². The topological polar surface area (TPSA) is 387 Å². The molecule has 0 spiro atoms. The molecule has 2 N–H and O–H groups in total. The molecule has 4 rings (SSSR count). The molecule has 0 saturated heterocycles. The minimum Gasteiger partial charge on any atom is -0.773 e. The molecule has 25 nitrogen and oxygen atoms in total. The SMILES string of the molecule is C.C#N.C#N.CS(=O)[O-].Cc1cc(C)c(C)c(C)c1.Cc1ccc(S(=O)(=O)[O-])cc1.Cc1ccc(S(=O)(=O)[O-])cc1.Cc1ccccc1C.OO[N-]OO[N-]O[N-]O[N-]OO[N-]OO.[CH3-].[CH3-].[CH3-].[CH3-].[CH3-].[HH].[HH].[K+].[K+]. The Morgan fingerprint density at radius 3 is 1.00 bits per heavy atom. The summed E-state index contributed by atoms with van der Waals surface area (Å²) in [7, 11) is -8.54. The molecule has 0 fully saturated rings. The summed E-state index contributed by atoms with van der Waals surface area (Å²) < 4.78 is 80.3. The van der Waals surface area contributed by atoms with Crippen LogP contribution in [0.15, 0.2) is 94.7 Å². The first-order valence-electron chi connectivity index (χ1n) is 16.3. The van der Waals surface area contributed by atoms with E-state index in [2.05, 4.69) is 159 Å². The molecular weight excluding hydrogens is 1050 g/mol. The predicted octanol–water partition coefficient (Wildman–Crippen LogP) is 5.10. The molecule has 0 saturated carbocycles. The number of hydrogen-bond donors (Lipinski definition) is 2. The summed E-state index contributed by atoms with van der Waals surface area (Å²) in [4.78, 5) is 27.5. The van der Waals surface area contributed by atoms with Gasteiger partial charge in [-0.25, -0.2) is 27.4 Å². The van der Waals surface area contributed by atoms with Crippen LogP contribution in [0.3, 0.4) is 0 Å². The number of rotatable bonds is 14. The molecule has 0 aliphatic carbocycles. The van der Waals surface area contributed by atoms with Gasteiger partial charge in [0.25, 0.3) is 0 Å². The Kier molecular flexibility index (Phi) is 87.2. The number of nitriles is 2. The summed E-state index contributed by atoms with van der Waals surface area (Å²) in [6, 6.07) is 24.4. The van der Waals surface area contributed by atoms with Crippen LogP contribution in [0.2, 0.25) is 0 Å². The van der Waals surface area contributed by atoms with Crippen molar-refractivity contribution in [2.24, 2.45) is 0 Å². The molecule has 30 heteroatoms. The summed E-state index contributed by atoms with van der Waals surface area (Å²) in [5, 5.41) is 28.1. The second kappa shape index (κ2) is 62.8. The maximum absolute atomic E-state index is 10.4. The van der Waals surface area contributed by atoms with Crippen LogP contribution in [0.5, 0.6) is 0 Å². The Bertz CT molecular complexity index is 1950. The molecule has 0 aliphatic rings. The third-order valence-corrected chi connectivity index (χ3v) is 8.20. The monoisotopic (exact) mass is 1120 g/mol. The molecule has 0 heterocycles. The van der Waals surface area contributed by atoms with Crippen molar-refractivity contribution in [2.45, 2.75) is 72.6 Å². The fourth-order valence-corrected chi connectivity index (χ4v) is 4.41. The molecule has 0 aromatic heterocycles. The third kappa shape index (κ3) is 62.7. The van der Waals surface area contributed by atoms with E-state index in [9.17, 15) is 25.9 Å². The zero-order valence-corrected chi connectivity index (χ0v) is 50.7. The van der Waals surface area contributed by atoms with Gasteiger partial charge in [-0.2, -0.15) is 0 Å². The molecule has 406 valence electrons. The van der Waals surface area contributed by atoms with Crippen molar-refractivity contribution in [3.63, 3.8) is 0 Å². The van der Waals surface area contributed by atoms with E-state index in [1.165, 1.54) is 57.6 Å². The van der Waals surface area contributed by atoms with E-state index in [1.807, 2.05) is 13.8 Å². The van der Waals surface area contributed by atoms with Crippen LogP contribution in [0, 0.1) is 116 Å². The van der Waals surface area contributed by atoms with Crippen molar-refractivity contribution in [3.05, 3.63) is 195 Å². The second-order valence-corrected chi connectivity index (χ2v) is 14.6. The van der Waals surface area contributed by atoms with Crippen LogP contribution in [-0.4, -0.2) is 51.5 Å². The van der Waals surface area contributed by atoms with Gasteiger partial charge in [0.1, 0.15) is 20.2 Å². The Hall–Kier alpha value is -1.54. The van der Waals surface area contributed by atoms with Crippen LogP contribution in [0.4, 0.5) is 0 Å². The van der Waals surface area contributed by atoms with Gasteiger partial charge in [0.2, 0.25) is 0 Å². The fraction of sp³-hybridized carbons (Fsp3) is 0.244. The van der Waals surface area contributed by atoms with E-state index < -0.39 is 31.3 Å². The molecule has 4 aromatic carbocycles. The summed E-state index contributed by atoms with van der Waals surface area (Å²) >= 11 is -1.86. The van der Waals surface area contributed by atoms with E-state index in [0.717, 1.165) is 17.4 Å². The maximum Gasteiger partial charge on any atom is 1.00 e. The van der Waals surface area contributed by atoms with E-state index in [1.54, 1.807) is 24.3 Å². The van der Waals surface area contributed by atoms with Crippen molar-refractivity contribution in [1.29, 1.82) is 10.5 Å². The van der Waals surface area contributed by atoms with Crippen LogP contribution >= 0.6 is 0 Å². The van der Waals surface area contributed by atoms with Crippen molar-refractivity contribution in [2.75, 3.05) is 6.26 Å². The van der Waals surface area contributed by atoms with Crippen molar-refractivity contribution >= 4 is 31.3 Å². The standard InChI is InChI=1S/C10H14.C8H10.2C7H8O3S.2CHN.CH4O2S.CH4.5CH3.2K.H2N5O10.2H2/c1-7-5-8(2)10(4)9(3)6-7;1-7-5-3-4-6-8(7)2;2*1-6-2-4-7(5-3-6)11(8,9)10;2*1-2;1-4(2)3;;;;;;;;;6-10-4-14-12-2-8-1-9-3-13-15-5-11-7;;/h5-6H,1-4H3;3-6H,1-2H3;2*2-5H,1H3,(H,8,9,10);2*1H;1H3,(H,2,3);1H4;5*1H3;;;6-7H;2*1H/q;;;;;;;;5*-1;2*+1;-5;;/p-3. The van der Waals surface area contributed by atoms with Crippen molar-refractivity contribution in [3.8, 4) is 13.1 Å². The zero-order valence-electron chi connectivity index (χ0n) is 42.0. The molecular formula is C41H68K2N7O18S3-11. The fourth-order valence-electron chi connectivity index (χ4n) is 3.48. The summed E-state index contributed by atoms with van der Waals surface area (Å²) in [5.41, 5.74) is 22.3. The van der Waals surface area contributed by atoms with E-state index in [-0.39, 0.29) is 160 Å². The number of aryl methyl sites for hydroxylation is 7. The van der Waals surface area contributed by atoms with Gasteiger partial charge in [-0.05, 0) is 114 Å². The minimum absolute atomic E-state index is 0. The second-order valence-electron chi connectivity index (χ2n) is 11.0. The summed E-state index contributed by atoms with van der Waals surface area (Å²) in [6.07, 6.45) is 1.08. The first kappa shape index (κ1) is 98.6. The Morgan fingerprint density at radius 2 is 0.775 bits per heavy atom. The summed E-state index contributed by atoms with van der Waals surface area (Å²) in [6.45, 7) is 23.5. The molecule has 0 amide bonds. The Morgan fingerprint density at radius 1 is 0.521 bits per heavy atom. The molecule has 1 atom stereocenters. The van der Waals surface area contributed by atoms with Crippen molar-refractivity contribution < 1.29 is 191 Å². The number of nitrogens with zero attached hydrogens (tertiary/aromatic N) is 7. The first-order chi connectivity index (χ1) is 29.6. The quantitative estimate of drug-likeness (QED) is 0.0315. The van der Waals surface area contributed by atoms with Gasteiger partial charge >= 0.3 is 103 Å². The minimum atomic E-state index is -4.27. The molecule has 1 unspecified atom stereocenters. The van der Waals surface area contributed by atoms with Gasteiger partial charge in [0.15, 0.2) is 0 Å². The largest absolute Gasteiger partial charge is 1.00 e. The average Bonchev–Trinajstić information content (AvgIpc) is 3.22. The number of benzene rings is 4. The van der Waals surface area contributed by atoms with Crippen molar-refractivity contribution in [1.82, 2.24) is 0 Å². The van der Waals surface area contributed by atoms with E-state index in [0.29, 0.717) is 0 Å². The molecule has 0 bridgehead atoms. The van der Waals surface area contributed by atoms with Gasteiger partial charge in [-0.1, -0.05) is 95.9 Å². The summed E-state index contributed by atoms with van der Waals surface area (Å²) in [5.74, 6) is 0. The molecule has 4 aromatic rings. The Labute approximate surface area is 513 Å². The predicted molar refractivity (Wildman–Crippen MR) is 262 cm³/mol. The third-order valence-electron chi connectivity index (χ3n) is 6.50. The van der Waals surface area contributed by atoms with Crippen LogP contribution in [0.1, 0.15) is 54.8 Å². The van der Waals surface area contributed by atoms with Gasteiger partial charge in [-0.15, -0.1) is 0 Å². The van der Waals surface area contributed by atoms with Crippen LogP contribution in [-0.2, 0) is 71.1 Å². The van der Waals surface area contributed by atoms with Gasteiger partial charge in [-0.3, -0.25) is 14.7 Å². The van der Waals surface area contributed by atoms with E-state index in [4.69, 9.17) is 29.8 Å². The molecule has 0 radical (unpaired) electrons. The zero-order chi connectivity index (χ0) is 49.4. The molecule has 71 heavy (non-hydrogen) atoms. The van der Waals surface area contributed by atoms with Gasteiger partial charge in [0.05, 0.1) is 9.79 Å². The molecule has 0 aliphatic heterocycles. The van der Waals surface area contributed by atoms with Gasteiger partial charge in [0, 0.05) is 16.0 Å². The smallest absolute Gasteiger partial charge is 0.773 e. The van der Waals surface area contributed by atoms with Crippen LogP contribution < -0.4 is 103 Å².